The number of aromatic nitrogens is 3. The fourth-order valence-corrected chi connectivity index (χ4v) is 3.62. The molecular weight excluding hydrogens is 272 g/mol. The molecule has 1 saturated carbocycles. The normalized spacial score (nSPS) is 15.8. The van der Waals surface area contributed by atoms with Gasteiger partial charge in [-0.05, 0) is 19.8 Å². The summed E-state index contributed by atoms with van der Waals surface area (Å²) in [6, 6.07) is 0. The molecule has 0 atom stereocenters. The molecule has 0 spiro atoms. The summed E-state index contributed by atoms with van der Waals surface area (Å²) >= 11 is 1.31. The average Bonchev–Trinajstić information content (AvgIpc) is 2.89. The Morgan fingerprint density at radius 2 is 2.28 bits per heavy atom. The Hall–Kier alpha value is -1.41. The first kappa shape index (κ1) is 11.7. The first-order chi connectivity index (χ1) is 8.54. The van der Waals surface area contributed by atoms with Crippen molar-refractivity contribution in [2.24, 2.45) is 0 Å². The van der Waals surface area contributed by atoms with Gasteiger partial charge in [0.05, 0.1) is 11.9 Å². The molecule has 2 N–H and O–H groups in total. The number of nitrogens with zero attached hydrogens (tertiary/aromatic N) is 2. The highest BCUT2D eigenvalue weighted by Gasteiger charge is 2.27. The average molecular weight is 284 g/mol. The molecule has 8 heteroatoms. The van der Waals surface area contributed by atoms with Crippen molar-refractivity contribution in [2.75, 3.05) is 4.72 Å². The lowest BCUT2D eigenvalue weighted by Gasteiger charge is -2.01. The molecule has 0 aromatic carbocycles. The van der Waals surface area contributed by atoms with E-state index < -0.39 is 10.0 Å². The third-order valence-electron chi connectivity index (χ3n) is 2.71. The number of aromatic amines is 1. The van der Waals surface area contributed by atoms with Gasteiger partial charge in [0.25, 0.3) is 10.0 Å². The van der Waals surface area contributed by atoms with E-state index in [2.05, 4.69) is 19.7 Å². The summed E-state index contributed by atoms with van der Waals surface area (Å²) in [4.78, 5) is 10.9. The highest BCUT2D eigenvalue weighted by atomic mass is 32.2. The van der Waals surface area contributed by atoms with Crippen molar-refractivity contribution in [3.63, 3.8) is 0 Å². The van der Waals surface area contributed by atoms with Crippen molar-refractivity contribution < 1.29 is 8.42 Å². The molecule has 96 valence electrons. The van der Waals surface area contributed by atoms with Gasteiger partial charge in [-0.2, -0.15) is 8.42 Å². The zero-order chi connectivity index (χ0) is 12.8. The predicted molar refractivity (Wildman–Crippen MR) is 68.2 cm³/mol. The third kappa shape index (κ3) is 2.25. The van der Waals surface area contributed by atoms with Crippen LogP contribution in [-0.2, 0) is 10.0 Å². The summed E-state index contributed by atoms with van der Waals surface area (Å²) in [5.74, 6) is 1.09. The molecule has 1 aliphatic carbocycles. The van der Waals surface area contributed by atoms with Crippen LogP contribution in [0.4, 0.5) is 5.13 Å². The number of H-pyrrole nitrogens is 1. The Morgan fingerprint density at radius 3 is 2.89 bits per heavy atom. The third-order valence-corrected chi connectivity index (χ3v) is 4.86. The van der Waals surface area contributed by atoms with Crippen LogP contribution in [-0.4, -0.2) is 23.4 Å². The highest BCUT2D eigenvalue weighted by Crippen LogP contribution is 2.41. The Bertz CT molecular complexity index is 670. The minimum atomic E-state index is -3.60. The fraction of sp³-hybridized carbons (Fsp3) is 0.400. The van der Waals surface area contributed by atoms with Crippen molar-refractivity contribution in [2.45, 2.75) is 30.7 Å². The van der Waals surface area contributed by atoms with Gasteiger partial charge in [0.2, 0.25) is 0 Å². The van der Waals surface area contributed by atoms with Crippen molar-refractivity contribution in [1.82, 2.24) is 15.0 Å². The van der Waals surface area contributed by atoms with Crippen LogP contribution in [0.5, 0.6) is 0 Å². The standard InChI is InChI=1S/C10H12N4O2S2/c1-6-11-4-9(12-6)18(15,16)14-10-13-8(5-17-10)7-2-3-7/h4-5,7H,2-3H2,1H3,(H,11,12)(H,13,14). The Labute approximate surface area is 109 Å². The first-order valence-electron chi connectivity index (χ1n) is 5.54. The van der Waals surface area contributed by atoms with E-state index >= 15 is 0 Å². The van der Waals surface area contributed by atoms with Gasteiger partial charge in [0, 0.05) is 11.3 Å². The second-order valence-electron chi connectivity index (χ2n) is 4.29. The van der Waals surface area contributed by atoms with Crippen LogP contribution in [0.15, 0.2) is 16.6 Å². The van der Waals surface area contributed by atoms with E-state index in [1.165, 1.54) is 17.5 Å². The Balaban J connectivity index is 1.81. The molecule has 0 radical (unpaired) electrons. The molecule has 2 aromatic heterocycles. The summed E-state index contributed by atoms with van der Waals surface area (Å²) in [5.41, 5.74) is 0.985. The van der Waals surface area contributed by atoms with Crippen LogP contribution < -0.4 is 4.72 Å². The van der Waals surface area contributed by atoms with Gasteiger partial charge in [-0.15, -0.1) is 11.3 Å². The maximum atomic E-state index is 12.0. The monoisotopic (exact) mass is 284 g/mol. The van der Waals surface area contributed by atoms with Gasteiger partial charge in [0.15, 0.2) is 10.2 Å². The van der Waals surface area contributed by atoms with Crippen LogP contribution in [0.2, 0.25) is 0 Å². The second-order valence-corrected chi connectivity index (χ2v) is 6.80. The minimum absolute atomic E-state index is 0.0585. The van der Waals surface area contributed by atoms with E-state index in [1.807, 2.05) is 5.38 Å². The molecule has 3 rings (SSSR count). The van der Waals surface area contributed by atoms with Crippen LogP contribution >= 0.6 is 11.3 Å². The van der Waals surface area contributed by atoms with Gasteiger partial charge < -0.3 is 4.98 Å². The zero-order valence-corrected chi connectivity index (χ0v) is 11.3. The molecule has 2 aromatic rings. The topological polar surface area (TPSA) is 87.7 Å². The fourth-order valence-electron chi connectivity index (χ4n) is 1.60. The SMILES string of the molecule is Cc1ncc(S(=O)(=O)Nc2nc(C3CC3)cs2)[nH]1. The Kier molecular flexibility index (Phi) is 2.63. The van der Waals surface area contributed by atoms with Crippen molar-refractivity contribution >= 4 is 26.5 Å². The molecule has 2 heterocycles. The number of aryl methyl sites for hydroxylation is 1. The quantitative estimate of drug-likeness (QED) is 0.897. The first-order valence-corrected chi connectivity index (χ1v) is 7.91. The van der Waals surface area contributed by atoms with Crippen LogP contribution in [0, 0.1) is 6.92 Å². The van der Waals surface area contributed by atoms with E-state index in [0.29, 0.717) is 16.9 Å². The predicted octanol–water partition coefficient (Wildman–Crippen LogP) is 1.85. The summed E-state index contributed by atoms with van der Waals surface area (Å²) in [6.07, 6.45) is 3.60. The number of imidazole rings is 1. The smallest absolute Gasteiger partial charge is 0.280 e. The molecule has 0 aliphatic heterocycles. The van der Waals surface area contributed by atoms with Gasteiger partial charge in [-0.3, -0.25) is 4.72 Å². The molecule has 0 amide bonds. The van der Waals surface area contributed by atoms with E-state index in [1.54, 1.807) is 6.92 Å². The molecule has 6 nitrogen and oxygen atoms in total. The number of hydrogen-bond donors (Lipinski definition) is 2. The summed E-state index contributed by atoms with van der Waals surface area (Å²) in [7, 11) is -3.60. The lowest BCUT2D eigenvalue weighted by atomic mass is 10.3. The van der Waals surface area contributed by atoms with Crippen LogP contribution in [0.25, 0.3) is 0 Å². The van der Waals surface area contributed by atoms with Gasteiger partial charge in [-0.1, -0.05) is 0 Å². The van der Waals surface area contributed by atoms with Crippen molar-refractivity contribution in [3.8, 4) is 0 Å². The molecule has 1 fully saturated rings. The van der Waals surface area contributed by atoms with Gasteiger partial charge in [0.1, 0.15) is 5.82 Å². The van der Waals surface area contributed by atoms with Crippen LogP contribution in [0.1, 0.15) is 30.3 Å². The summed E-state index contributed by atoms with van der Waals surface area (Å²) in [6.45, 7) is 1.70. The van der Waals surface area contributed by atoms with Crippen molar-refractivity contribution in [1.29, 1.82) is 0 Å². The van der Waals surface area contributed by atoms with Gasteiger partial charge >= 0.3 is 0 Å². The van der Waals surface area contributed by atoms with Crippen LogP contribution in [0.3, 0.4) is 0 Å². The molecule has 18 heavy (non-hydrogen) atoms. The molecule has 1 aliphatic rings. The molecular formula is C10H12N4O2S2. The molecule has 0 unspecified atom stereocenters. The number of sulfonamides is 1. The number of rotatable bonds is 4. The summed E-state index contributed by atoms with van der Waals surface area (Å²) < 4.78 is 26.4. The van der Waals surface area contributed by atoms with E-state index in [-0.39, 0.29) is 5.03 Å². The highest BCUT2D eigenvalue weighted by molar-refractivity contribution is 7.92. The zero-order valence-electron chi connectivity index (χ0n) is 9.67. The molecule has 0 saturated heterocycles. The van der Waals surface area contributed by atoms with Crippen molar-refractivity contribution in [3.05, 3.63) is 23.1 Å². The number of nitrogens with one attached hydrogen (secondary N) is 2. The second kappa shape index (κ2) is 4.06. The largest absolute Gasteiger partial charge is 0.332 e. The maximum absolute atomic E-state index is 12.0. The lowest BCUT2D eigenvalue weighted by Crippen LogP contribution is -2.13. The number of hydrogen-bond acceptors (Lipinski definition) is 5. The number of anilines is 1. The van der Waals surface area contributed by atoms with E-state index in [0.717, 1.165) is 18.5 Å². The Morgan fingerprint density at radius 1 is 1.50 bits per heavy atom. The van der Waals surface area contributed by atoms with E-state index in [9.17, 15) is 8.42 Å². The maximum Gasteiger partial charge on any atom is 0.280 e. The van der Waals surface area contributed by atoms with Gasteiger partial charge in [-0.25, -0.2) is 9.97 Å². The lowest BCUT2D eigenvalue weighted by molar-refractivity contribution is 0.598. The minimum Gasteiger partial charge on any atom is -0.332 e. The number of thiazole rings is 1. The van der Waals surface area contributed by atoms with E-state index in [4.69, 9.17) is 0 Å². The summed E-state index contributed by atoms with van der Waals surface area (Å²) in [5, 5.41) is 2.38. The molecule has 0 bridgehead atoms.